The lowest BCUT2D eigenvalue weighted by Gasteiger charge is -2.21. The summed E-state index contributed by atoms with van der Waals surface area (Å²) in [6, 6.07) is 0. The summed E-state index contributed by atoms with van der Waals surface area (Å²) in [4.78, 5) is 0. The van der Waals surface area contributed by atoms with Gasteiger partial charge >= 0.3 is 7.12 Å². The molecular formula is C12H14BF5O2. The monoisotopic (exact) mass is 296 g/mol. The van der Waals surface area contributed by atoms with Crippen molar-refractivity contribution < 1.29 is 31.3 Å². The number of hydrogen-bond acceptors (Lipinski definition) is 2. The topological polar surface area (TPSA) is 18.5 Å². The third-order valence-corrected chi connectivity index (χ3v) is 2.27. The summed E-state index contributed by atoms with van der Waals surface area (Å²) in [6.45, 7) is 6.18. The molecule has 0 saturated heterocycles. The van der Waals surface area contributed by atoms with Crippen LogP contribution in [-0.2, 0) is 9.31 Å². The Morgan fingerprint density at radius 3 is 1.25 bits per heavy atom. The first-order valence-electron chi connectivity index (χ1n) is 5.99. The van der Waals surface area contributed by atoms with Gasteiger partial charge in [0.25, 0.3) is 0 Å². The van der Waals surface area contributed by atoms with Gasteiger partial charge in [-0.1, -0.05) is 0 Å². The highest BCUT2D eigenvalue weighted by atomic mass is 19.2. The van der Waals surface area contributed by atoms with E-state index in [1.54, 1.807) is 27.7 Å². The van der Waals surface area contributed by atoms with Gasteiger partial charge in [0, 0.05) is 12.2 Å². The molecule has 112 valence electrons. The maximum atomic E-state index is 13.7. The van der Waals surface area contributed by atoms with Crippen LogP contribution in [0.1, 0.15) is 27.7 Å². The van der Waals surface area contributed by atoms with E-state index in [2.05, 4.69) is 0 Å². The van der Waals surface area contributed by atoms with Crippen LogP contribution in [0.3, 0.4) is 0 Å². The molecule has 0 aliphatic heterocycles. The molecule has 0 radical (unpaired) electrons. The Bertz CT molecular complexity index is 454. The SMILES string of the molecule is CC(C)OB(OC(C)C)c1c(F)c(F)c(F)c(F)c1F. The minimum Gasteiger partial charge on any atom is -0.405 e. The van der Waals surface area contributed by atoms with Gasteiger partial charge in [-0.2, -0.15) is 0 Å². The van der Waals surface area contributed by atoms with Gasteiger partial charge in [-0.15, -0.1) is 0 Å². The van der Waals surface area contributed by atoms with Crippen LogP contribution in [0.15, 0.2) is 0 Å². The van der Waals surface area contributed by atoms with Crippen molar-refractivity contribution in [2.45, 2.75) is 39.9 Å². The highest BCUT2D eigenvalue weighted by Crippen LogP contribution is 2.18. The van der Waals surface area contributed by atoms with Gasteiger partial charge in [0.2, 0.25) is 0 Å². The molecule has 0 aliphatic rings. The lowest BCUT2D eigenvalue weighted by Crippen LogP contribution is -2.45. The van der Waals surface area contributed by atoms with Crippen LogP contribution in [0.25, 0.3) is 0 Å². The van der Waals surface area contributed by atoms with E-state index in [0.717, 1.165) is 0 Å². The third kappa shape index (κ3) is 3.49. The molecule has 2 nitrogen and oxygen atoms in total. The van der Waals surface area contributed by atoms with Crippen molar-refractivity contribution in [1.29, 1.82) is 0 Å². The molecule has 0 atom stereocenters. The minimum absolute atomic E-state index is 0.534. The first kappa shape index (κ1) is 16.9. The van der Waals surface area contributed by atoms with Gasteiger partial charge < -0.3 is 9.31 Å². The molecule has 8 heteroatoms. The summed E-state index contributed by atoms with van der Waals surface area (Å²) in [5.41, 5.74) is -1.12. The summed E-state index contributed by atoms with van der Waals surface area (Å²) in [6.07, 6.45) is -1.07. The fourth-order valence-corrected chi connectivity index (χ4v) is 1.49. The Labute approximate surface area is 114 Å². The van der Waals surface area contributed by atoms with E-state index in [1.807, 2.05) is 0 Å². The summed E-state index contributed by atoms with van der Waals surface area (Å²) in [5.74, 6) is -10.2. The van der Waals surface area contributed by atoms with E-state index >= 15 is 0 Å². The highest BCUT2D eigenvalue weighted by molar-refractivity contribution is 6.61. The highest BCUT2D eigenvalue weighted by Gasteiger charge is 2.36. The van der Waals surface area contributed by atoms with Crippen LogP contribution in [0.5, 0.6) is 0 Å². The van der Waals surface area contributed by atoms with E-state index < -0.39 is 53.9 Å². The van der Waals surface area contributed by atoms with Crippen molar-refractivity contribution in [2.75, 3.05) is 0 Å². The molecule has 0 N–H and O–H groups in total. The van der Waals surface area contributed by atoms with E-state index in [0.29, 0.717) is 0 Å². The van der Waals surface area contributed by atoms with Crippen molar-refractivity contribution >= 4 is 12.6 Å². The second kappa shape index (κ2) is 6.54. The average molecular weight is 296 g/mol. The molecule has 0 unspecified atom stereocenters. The quantitative estimate of drug-likeness (QED) is 0.360. The summed E-state index contributed by atoms with van der Waals surface area (Å²) in [5, 5.41) is 0. The molecule has 20 heavy (non-hydrogen) atoms. The van der Waals surface area contributed by atoms with Crippen LogP contribution in [0.2, 0.25) is 0 Å². The molecule has 0 amide bonds. The standard InChI is InChI=1S/C12H14BF5O2/c1-5(2)19-13(20-6(3)4)7-8(14)10(16)12(18)11(17)9(7)15/h5-6H,1-4H3. The molecule has 0 aromatic heterocycles. The van der Waals surface area contributed by atoms with Gasteiger partial charge in [0.05, 0.1) is 5.46 Å². The Morgan fingerprint density at radius 1 is 0.650 bits per heavy atom. The molecular weight excluding hydrogens is 282 g/mol. The largest absolute Gasteiger partial charge is 0.500 e. The molecule has 0 fully saturated rings. The minimum atomic E-state index is -2.21. The first-order valence-corrected chi connectivity index (χ1v) is 5.99. The average Bonchev–Trinajstić information content (AvgIpc) is 2.32. The molecule has 0 spiro atoms. The van der Waals surface area contributed by atoms with Crippen LogP contribution in [-0.4, -0.2) is 19.3 Å². The predicted molar refractivity (Wildman–Crippen MR) is 64.1 cm³/mol. The van der Waals surface area contributed by atoms with Crippen molar-refractivity contribution in [3.63, 3.8) is 0 Å². The van der Waals surface area contributed by atoms with Crippen molar-refractivity contribution in [3.8, 4) is 0 Å². The molecule has 0 aliphatic carbocycles. The second-order valence-electron chi connectivity index (χ2n) is 4.69. The number of benzene rings is 1. The van der Waals surface area contributed by atoms with Gasteiger partial charge in [-0.25, -0.2) is 22.0 Å². The maximum absolute atomic E-state index is 13.7. The van der Waals surface area contributed by atoms with Crippen molar-refractivity contribution in [2.24, 2.45) is 0 Å². The molecule has 0 saturated carbocycles. The normalized spacial score (nSPS) is 11.6. The molecule has 1 aromatic rings. The Balaban J connectivity index is 3.39. The van der Waals surface area contributed by atoms with E-state index in [-0.39, 0.29) is 0 Å². The van der Waals surface area contributed by atoms with Crippen molar-refractivity contribution in [1.82, 2.24) is 0 Å². The first-order chi connectivity index (χ1) is 9.16. The van der Waals surface area contributed by atoms with E-state index in [1.165, 1.54) is 0 Å². The lowest BCUT2D eigenvalue weighted by molar-refractivity contribution is 0.137. The molecule has 1 aromatic carbocycles. The second-order valence-corrected chi connectivity index (χ2v) is 4.69. The third-order valence-electron chi connectivity index (χ3n) is 2.27. The Morgan fingerprint density at radius 2 is 0.950 bits per heavy atom. The summed E-state index contributed by atoms with van der Waals surface area (Å²) in [7, 11) is -1.68. The van der Waals surface area contributed by atoms with Crippen molar-refractivity contribution in [3.05, 3.63) is 29.1 Å². The fourth-order valence-electron chi connectivity index (χ4n) is 1.49. The van der Waals surface area contributed by atoms with Crippen LogP contribution < -0.4 is 5.46 Å². The fraction of sp³-hybridized carbons (Fsp3) is 0.500. The van der Waals surface area contributed by atoms with Gasteiger partial charge in [-0.05, 0) is 27.7 Å². The zero-order valence-electron chi connectivity index (χ0n) is 11.4. The predicted octanol–water partition coefficient (Wildman–Crippen LogP) is 2.93. The number of hydrogen-bond donors (Lipinski definition) is 0. The zero-order chi connectivity index (χ0) is 15.6. The van der Waals surface area contributed by atoms with Crippen LogP contribution >= 0.6 is 0 Å². The van der Waals surface area contributed by atoms with Gasteiger partial charge in [0.1, 0.15) is 0 Å². The summed E-state index contributed by atoms with van der Waals surface area (Å²) >= 11 is 0. The Hall–Kier alpha value is -1.15. The van der Waals surface area contributed by atoms with Gasteiger partial charge in [0.15, 0.2) is 29.1 Å². The van der Waals surface area contributed by atoms with Crippen LogP contribution in [0, 0.1) is 29.1 Å². The maximum Gasteiger partial charge on any atom is 0.500 e. The van der Waals surface area contributed by atoms with Gasteiger partial charge in [-0.3, -0.25) is 0 Å². The number of rotatable bonds is 5. The lowest BCUT2D eigenvalue weighted by atomic mass is 9.77. The Kier molecular flexibility index (Phi) is 5.53. The van der Waals surface area contributed by atoms with Crippen LogP contribution in [0.4, 0.5) is 22.0 Å². The summed E-state index contributed by atoms with van der Waals surface area (Å²) < 4.78 is 76.9. The van der Waals surface area contributed by atoms with E-state index in [4.69, 9.17) is 9.31 Å². The smallest absolute Gasteiger partial charge is 0.405 e. The molecule has 1 rings (SSSR count). The van der Waals surface area contributed by atoms with E-state index in [9.17, 15) is 22.0 Å². The molecule has 0 heterocycles. The number of halogens is 5. The molecule has 0 bridgehead atoms. The zero-order valence-corrected chi connectivity index (χ0v) is 11.4.